The van der Waals surface area contributed by atoms with Crippen LogP contribution in [-0.4, -0.2) is 53.2 Å². The van der Waals surface area contributed by atoms with E-state index in [2.05, 4.69) is 71.7 Å². The zero-order valence-corrected chi connectivity index (χ0v) is 19.7. The lowest BCUT2D eigenvalue weighted by Crippen LogP contribution is -2.25. The van der Waals surface area contributed by atoms with Gasteiger partial charge in [-0.25, -0.2) is 19.7 Å². The summed E-state index contributed by atoms with van der Waals surface area (Å²) >= 11 is 0. The number of anilines is 1. The fraction of sp³-hybridized carbons (Fsp3) is 0.192. The van der Waals surface area contributed by atoms with Crippen LogP contribution in [0, 0.1) is 0 Å². The molecule has 5 rings (SSSR count). The standard InChI is InChI=1S/C26H24N8O2/c1-2-3-14-34(25-22-21(26(35)36)12-13-27-24(22)28-16-29-25)15-17-8-10-18(11-9-17)19-6-4-5-7-20(19)23-30-32-33-31-23/h4-13,16H,2-3,14-15H2,1H3,(H,35,36)(H,30,31,32,33). The maximum Gasteiger partial charge on any atom is 0.336 e. The SMILES string of the molecule is CCCCN(Cc1ccc(-c2ccccc2-c2nn[nH]n2)cc1)c1ncnc2nccc(C(=O)O)c12. The van der Waals surface area contributed by atoms with E-state index in [1.807, 2.05) is 24.3 Å². The Morgan fingerprint density at radius 2 is 1.81 bits per heavy atom. The van der Waals surface area contributed by atoms with Crippen LogP contribution in [0.2, 0.25) is 0 Å². The van der Waals surface area contributed by atoms with Crippen LogP contribution < -0.4 is 4.90 Å². The molecule has 10 heteroatoms. The van der Waals surface area contributed by atoms with Crippen molar-refractivity contribution < 1.29 is 9.90 Å². The summed E-state index contributed by atoms with van der Waals surface area (Å²) in [5.41, 5.74) is 4.51. The third-order valence-electron chi connectivity index (χ3n) is 5.98. The summed E-state index contributed by atoms with van der Waals surface area (Å²) in [6.45, 7) is 3.41. The zero-order chi connectivity index (χ0) is 24.9. The number of carboxylic acids is 1. The predicted octanol–water partition coefficient (Wildman–Crippen LogP) is 4.38. The van der Waals surface area contributed by atoms with E-state index in [1.165, 1.54) is 18.6 Å². The monoisotopic (exact) mass is 480 g/mol. The van der Waals surface area contributed by atoms with E-state index in [9.17, 15) is 9.90 Å². The Balaban J connectivity index is 1.49. The number of unbranched alkanes of at least 4 members (excludes halogenated alkanes) is 1. The first-order valence-electron chi connectivity index (χ1n) is 11.7. The number of nitrogens with one attached hydrogen (secondary N) is 1. The summed E-state index contributed by atoms with van der Waals surface area (Å²) in [6.07, 6.45) is 4.83. The highest BCUT2D eigenvalue weighted by Gasteiger charge is 2.19. The number of aromatic carboxylic acids is 1. The Morgan fingerprint density at radius 1 is 1.00 bits per heavy atom. The minimum atomic E-state index is -1.03. The molecule has 0 radical (unpaired) electrons. The van der Waals surface area contributed by atoms with Crippen molar-refractivity contribution in [3.05, 3.63) is 78.2 Å². The fourth-order valence-corrected chi connectivity index (χ4v) is 4.21. The molecular formula is C26H24N8O2. The number of fused-ring (bicyclic) bond motifs is 1. The average Bonchev–Trinajstić information content (AvgIpc) is 3.46. The largest absolute Gasteiger partial charge is 0.478 e. The minimum absolute atomic E-state index is 0.144. The summed E-state index contributed by atoms with van der Waals surface area (Å²) in [7, 11) is 0. The highest BCUT2D eigenvalue weighted by Crippen LogP contribution is 2.31. The minimum Gasteiger partial charge on any atom is -0.478 e. The Bertz CT molecular complexity index is 1480. The van der Waals surface area contributed by atoms with Gasteiger partial charge in [0.15, 0.2) is 5.65 Å². The van der Waals surface area contributed by atoms with Crippen LogP contribution in [0.5, 0.6) is 0 Å². The second-order valence-electron chi connectivity index (χ2n) is 8.31. The van der Waals surface area contributed by atoms with Crippen molar-refractivity contribution in [2.75, 3.05) is 11.4 Å². The molecule has 0 unspecified atom stereocenters. The first-order chi connectivity index (χ1) is 17.7. The number of aromatic nitrogens is 7. The lowest BCUT2D eigenvalue weighted by atomic mass is 9.98. The third kappa shape index (κ3) is 4.61. The molecule has 3 aromatic heterocycles. The molecule has 0 aliphatic carbocycles. The molecule has 0 bridgehead atoms. The number of carbonyl (C=O) groups is 1. The molecule has 36 heavy (non-hydrogen) atoms. The van der Waals surface area contributed by atoms with Gasteiger partial charge in [0.05, 0.1) is 10.9 Å². The fourth-order valence-electron chi connectivity index (χ4n) is 4.21. The van der Waals surface area contributed by atoms with E-state index in [1.54, 1.807) is 0 Å². The molecule has 10 nitrogen and oxygen atoms in total. The van der Waals surface area contributed by atoms with E-state index in [0.29, 0.717) is 29.2 Å². The van der Waals surface area contributed by atoms with E-state index in [4.69, 9.17) is 0 Å². The first-order valence-corrected chi connectivity index (χ1v) is 11.7. The second-order valence-corrected chi connectivity index (χ2v) is 8.31. The molecule has 0 spiro atoms. The molecule has 2 N–H and O–H groups in total. The van der Waals surface area contributed by atoms with Crippen molar-refractivity contribution in [3.8, 4) is 22.5 Å². The predicted molar refractivity (Wildman–Crippen MR) is 135 cm³/mol. The number of pyridine rings is 1. The van der Waals surface area contributed by atoms with Crippen molar-refractivity contribution >= 4 is 22.8 Å². The molecule has 5 aromatic rings. The van der Waals surface area contributed by atoms with Crippen molar-refractivity contribution in [2.45, 2.75) is 26.3 Å². The van der Waals surface area contributed by atoms with Crippen LogP contribution in [0.25, 0.3) is 33.5 Å². The highest BCUT2D eigenvalue weighted by atomic mass is 16.4. The first kappa shape index (κ1) is 23.0. The number of aromatic amines is 1. The zero-order valence-electron chi connectivity index (χ0n) is 19.7. The van der Waals surface area contributed by atoms with Crippen molar-refractivity contribution in [3.63, 3.8) is 0 Å². The highest BCUT2D eigenvalue weighted by molar-refractivity contribution is 6.05. The summed E-state index contributed by atoms with van der Waals surface area (Å²) < 4.78 is 0. The normalized spacial score (nSPS) is 11.0. The molecule has 0 amide bonds. The van der Waals surface area contributed by atoms with Gasteiger partial charge in [-0.2, -0.15) is 5.21 Å². The third-order valence-corrected chi connectivity index (χ3v) is 5.98. The van der Waals surface area contributed by atoms with Gasteiger partial charge in [0, 0.05) is 24.8 Å². The number of carboxylic acid groups (broad SMARTS) is 1. The molecule has 0 aliphatic heterocycles. The number of rotatable bonds is 9. The topological polar surface area (TPSA) is 134 Å². The van der Waals surface area contributed by atoms with Gasteiger partial charge in [-0.1, -0.05) is 61.9 Å². The molecule has 0 atom stereocenters. The maximum absolute atomic E-state index is 11.9. The number of benzene rings is 2. The van der Waals surface area contributed by atoms with E-state index < -0.39 is 5.97 Å². The second kappa shape index (κ2) is 10.3. The summed E-state index contributed by atoms with van der Waals surface area (Å²) in [6, 6.07) is 17.7. The lowest BCUT2D eigenvalue weighted by molar-refractivity contribution is 0.0699. The Kier molecular flexibility index (Phi) is 6.57. The average molecular weight is 481 g/mol. The van der Waals surface area contributed by atoms with E-state index >= 15 is 0 Å². The van der Waals surface area contributed by atoms with Crippen LogP contribution in [0.1, 0.15) is 35.7 Å². The summed E-state index contributed by atoms with van der Waals surface area (Å²) in [5, 5.41) is 24.7. The quantitative estimate of drug-likeness (QED) is 0.315. The van der Waals surface area contributed by atoms with Crippen LogP contribution in [0.3, 0.4) is 0 Å². The van der Waals surface area contributed by atoms with E-state index in [0.717, 1.165) is 41.6 Å². The van der Waals surface area contributed by atoms with Crippen molar-refractivity contribution in [1.29, 1.82) is 0 Å². The van der Waals surface area contributed by atoms with Gasteiger partial charge in [-0.05, 0) is 34.4 Å². The van der Waals surface area contributed by atoms with Crippen LogP contribution >= 0.6 is 0 Å². The summed E-state index contributed by atoms with van der Waals surface area (Å²) in [4.78, 5) is 27.0. The van der Waals surface area contributed by atoms with Gasteiger partial charge < -0.3 is 10.0 Å². The van der Waals surface area contributed by atoms with Gasteiger partial charge in [-0.15, -0.1) is 10.2 Å². The van der Waals surface area contributed by atoms with E-state index in [-0.39, 0.29) is 5.56 Å². The van der Waals surface area contributed by atoms with Gasteiger partial charge in [0.25, 0.3) is 0 Å². The van der Waals surface area contributed by atoms with Crippen LogP contribution in [0.4, 0.5) is 5.82 Å². The molecule has 0 saturated carbocycles. The molecule has 0 saturated heterocycles. The van der Waals surface area contributed by atoms with Gasteiger partial charge >= 0.3 is 5.97 Å². The molecule has 180 valence electrons. The Morgan fingerprint density at radius 3 is 2.53 bits per heavy atom. The van der Waals surface area contributed by atoms with Crippen molar-refractivity contribution in [2.24, 2.45) is 0 Å². The molecule has 3 heterocycles. The number of hydrogen-bond donors (Lipinski definition) is 2. The number of nitrogens with zero attached hydrogens (tertiary/aromatic N) is 7. The number of tetrazole rings is 1. The van der Waals surface area contributed by atoms with Crippen LogP contribution in [0.15, 0.2) is 67.1 Å². The van der Waals surface area contributed by atoms with Gasteiger partial charge in [0.2, 0.25) is 5.82 Å². The van der Waals surface area contributed by atoms with Crippen LogP contribution in [-0.2, 0) is 6.54 Å². The molecule has 0 fully saturated rings. The smallest absolute Gasteiger partial charge is 0.336 e. The van der Waals surface area contributed by atoms with Gasteiger partial charge in [0.1, 0.15) is 12.1 Å². The van der Waals surface area contributed by atoms with Gasteiger partial charge in [-0.3, -0.25) is 0 Å². The molecule has 2 aromatic carbocycles. The maximum atomic E-state index is 11.9. The molecule has 0 aliphatic rings. The Labute approximate surface area is 207 Å². The summed E-state index contributed by atoms with van der Waals surface area (Å²) in [5.74, 6) is 0.0860. The molecular weight excluding hydrogens is 456 g/mol. The number of hydrogen-bond acceptors (Lipinski definition) is 8. The van der Waals surface area contributed by atoms with Crippen molar-refractivity contribution in [1.82, 2.24) is 35.6 Å². The number of H-pyrrole nitrogens is 1. The Hall–Kier alpha value is -4.73. The lowest BCUT2D eigenvalue weighted by Gasteiger charge is -2.25.